The van der Waals surface area contributed by atoms with E-state index in [9.17, 15) is 14.9 Å². The molecule has 1 unspecified atom stereocenters. The molecule has 0 radical (unpaired) electrons. The number of carbonyl (C=O) groups is 1. The first-order valence-corrected chi connectivity index (χ1v) is 5.80. The van der Waals surface area contributed by atoms with Crippen LogP contribution in [0.5, 0.6) is 5.75 Å². The van der Waals surface area contributed by atoms with Crippen LogP contribution in [-0.4, -0.2) is 16.8 Å². The molecule has 1 aromatic carbocycles. The van der Waals surface area contributed by atoms with Crippen molar-refractivity contribution in [3.8, 4) is 5.75 Å². The fraction of sp³-hybridized carbons (Fsp3) is 0.364. The van der Waals surface area contributed by atoms with Gasteiger partial charge >= 0.3 is 5.69 Å². The largest absolute Gasteiger partial charge is 0.483 e. The molecule has 6 heteroatoms. The van der Waals surface area contributed by atoms with Gasteiger partial charge in [-0.2, -0.15) is 0 Å². The number of ketones is 1. The monoisotopic (exact) mass is 301 g/mol. The second kappa shape index (κ2) is 5.77. The van der Waals surface area contributed by atoms with E-state index in [1.807, 2.05) is 0 Å². The number of nitrogens with zero attached hydrogens (tertiary/aromatic N) is 1. The number of nitro benzene ring substituents is 1. The lowest BCUT2D eigenvalue weighted by molar-refractivity contribution is -0.386. The summed E-state index contributed by atoms with van der Waals surface area (Å²) in [4.78, 5) is 21.2. The molecule has 17 heavy (non-hydrogen) atoms. The number of ether oxygens (including phenoxy) is 1. The first-order valence-electron chi connectivity index (χ1n) is 5.00. The molecule has 0 bridgehead atoms. The van der Waals surface area contributed by atoms with Crippen molar-refractivity contribution in [2.45, 2.75) is 26.4 Å². The molecule has 0 saturated heterocycles. The highest BCUT2D eigenvalue weighted by molar-refractivity contribution is 9.10. The van der Waals surface area contributed by atoms with E-state index in [4.69, 9.17) is 4.74 Å². The van der Waals surface area contributed by atoms with E-state index in [0.717, 1.165) is 0 Å². The fourth-order valence-electron chi connectivity index (χ4n) is 1.41. The number of para-hydroxylation sites is 1. The maximum absolute atomic E-state index is 10.9. The van der Waals surface area contributed by atoms with E-state index in [-0.39, 0.29) is 23.6 Å². The van der Waals surface area contributed by atoms with Gasteiger partial charge in [0, 0.05) is 12.5 Å². The minimum Gasteiger partial charge on any atom is -0.483 e. The molecule has 0 aliphatic carbocycles. The predicted molar refractivity (Wildman–Crippen MR) is 66.2 cm³/mol. The lowest BCUT2D eigenvalue weighted by Crippen LogP contribution is -2.16. The van der Waals surface area contributed by atoms with Gasteiger partial charge in [0.1, 0.15) is 11.9 Å². The molecule has 1 rings (SSSR count). The lowest BCUT2D eigenvalue weighted by Gasteiger charge is -2.14. The minimum atomic E-state index is -0.513. The van der Waals surface area contributed by atoms with Gasteiger partial charge in [-0.15, -0.1) is 0 Å². The van der Waals surface area contributed by atoms with Crippen LogP contribution in [0.4, 0.5) is 5.69 Å². The van der Waals surface area contributed by atoms with Gasteiger partial charge in [0.15, 0.2) is 0 Å². The number of rotatable bonds is 5. The van der Waals surface area contributed by atoms with Crippen LogP contribution in [-0.2, 0) is 4.79 Å². The zero-order valence-electron chi connectivity index (χ0n) is 9.47. The average molecular weight is 302 g/mol. The van der Waals surface area contributed by atoms with Crippen molar-refractivity contribution in [1.82, 2.24) is 0 Å². The maximum Gasteiger partial charge on any atom is 0.312 e. The molecule has 0 spiro atoms. The summed E-state index contributed by atoms with van der Waals surface area (Å²) in [6, 6.07) is 4.58. The minimum absolute atomic E-state index is 0.0211. The third-order valence-electron chi connectivity index (χ3n) is 2.04. The Kier molecular flexibility index (Phi) is 4.62. The molecule has 0 N–H and O–H groups in total. The molecule has 0 aromatic heterocycles. The molecule has 0 saturated carbocycles. The Bertz CT molecular complexity index is 447. The van der Waals surface area contributed by atoms with Crippen LogP contribution in [0.15, 0.2) is 22.7 Å². The van der Waals surface area contributed by atoms with E-state index < -0.39 is 11.0 Å². The third-order valence-corrected chi connectivity index (χ3v) is 2.66. The summed E-state index contributed by atoms with van der Waals surface area (Å²) in [7, 11) is 0. The Hall–Kier alpha value is -1.43. The Morgan fingerprint density at radius 1 is 1.59 bits per heavy atom. The number of benzene rings is 1. The first kappa shape index (κ1) is 13.6. The van der Waals surface area contributed by atoms with Crippen LogP contribution in [0, 0.1) is 10.1 Å². The quantitative estimate of drug-likeness (QED) is 0.619. The number of hydrogen-bond acceptors (Lipinski definition) is 4. The highest BCUT2D eigenvalue weighted by Gasteiger charge is 2.20. The van der Waals surface area contributed by atoms with Crippen LogP contribution < -0.4 is 4.74 Å². The molecule has 1 atom stereocenters. The van der Waals surface area contributed by atoms with Gasteiger partial charge in [-0.3, -0.25) is 14.9 Å². The molecular formula is C11H12BrNO4. The zero-order chi connectivity index (χ0) is 13.0. The zero-order valence-corrected chi connectivity index (χ0v) is 11.1. The van der Waals surface area contributed by atoms with Gasteiger partial charge in [-0.05, 0) is 35.8 Å². The molecule has 0 heterocycles. The smallest absolute Gasteiger partial charge is 0.312 e. The summed E-state index contributed by atoms with van der Waals surface area (Å²) in [5, 5.41) is 10.8. The summed E-state index contributed by atoms with van der Waals surface area (Å²) in [5.74, 6) is 0.137. The van der Waals surface area contributed by atoms with Crippen LogP contribution in [0.2, 0.25) is 0 Å². The number of hydrogen-bond donors (Lipinski definition) is 0. The van der Waals surface area contributed by atoms with Crippen LogP contribution in [0.25, 0.3) is 0 Å². The van der Waals surface area contributed by atoms with Gasteiger partial charge in [0.05, 0.1) is 9.40 Å². The van der Waals surface area contributed by atoms with Crippen molar-refractivity contribution in [3.63, 3.8) is 0 Å². The van der Waals surface area contributed by atoms with Crippen LogP contribution in [0.3, 0.4) is 0 Å². The standard InChI is InChI=1S/C11H12BrNO4/c1-7(14)6-8(2)17-11-9(12)4-3-5-10(11)13(15)16/h3-5,8H,6H2,1-2H3. The molecule has 1 aromatic rings. The number of carbonyl (C=O) groups excluding carboxylic acids is 1. The molecule has 92 valence electrons. The second-order valence-corrected chi connectivity index (χ2v) is 4.53. The summed E-state index contributed by atoms with van der Waals surface area (Å²) in [6.45, 7) is 3.15. The molecular weight excluding hydrogens is 290 g/mol. The van der Waals surface area contributed by atoms with Crippen molar-refractivity contribution < 1.29 is 14.5 Å². The second-order valence-electron chi connectivity index (χ2n) is 3.68. The van der Waals surface area contributed by atoms with Crippen molar-refractivity contribution in [2.24, 2.45) is 0 Å². The highest BCUT2D eigenvalue weighted by atomic mass is 79.9. The van der Waals surface area contributed by atoms with Crippen molar-refractivity contribution >= 4 is 27.4 Å². The number of Topliss-reactive ketones (excluding diaryl/α,β-unsaturated/α-hetero) is 1. The Morgan fingerprint density at radius 3 is 2.76 bits per heavy atom. The van der Waals surface area contributed by atoms with Gasteiger partial charge in [0.25, 0.3) is 0 Å². The average Bonchev–Trinajstić information content (AvgIpc) is 2.19. The normalized spacial score (nSPS) is 11.9. The molecule has 0 aliphatic heterocycles. The summed E-state index contributed by atoms with van der Waals surface area (Å²) in [6.07, 6.45) is -0.178. The number of nitro groups is 1. The lowest BCUT2D eigenvalue weighted by atomic mass is 10.2. The Morgan fingerprint density at radius 2 is 2.24 bits per heavy atom. The topological polar surface area (TPSA) is 69.4 Å². The highest BCUT2D eigenvalue weighted by Crippen LogP contribution is 2.35. The van der Waals surface area contributed by atoms with Crippen LogP contribution >= 0.6 is 15.9 Å². The van der Waals surface area contributed by atoms with E-state index in [2.05, 4.69) is 15.9 Å². The summed E-state index contributed by atoms with van der Waals surface area (Å²) in [5.41, 5.74) is -0.116. The van der Waals surface area contributed by atoms with E-state index in [1.165, 1.54) is 13.0 Å². The molecule has 0 amide bonds. The van der Waals surface area contributed by atoms with Crippen molar-refractivity contribution in [3.05, 3.63) is 32.8 Å². The summed E-state index contributed by atoms with van der Waals surface area (Å²) >= 11 is 3.20. The van der Waals surface area contributed by atoms with E-state index >= 15 is 0 Å². The summed E-state index contributed by atoms with van der Waals surface area (Å²) < 4.78 is 5.94. The van der Waals surface area contributed by atoms with Crippen LogP contribution in [0.1, 0.15) is 20.3 Å². The maximum atomic E-state index is 10.9. The first-order chi connectivity index (χ1) is 7.91. The fourth-order valence-corrected chi connectivity index (χ4v) is 1.85. The van der Waals surface area contributed by atoms with E-state index in [1.54, 1.807) is 19.1 Å². The van der Waals surface area contributed by atoms with E-state index in [0.29, 0.717) is 4.47 Å². The molecule has 0 fully saturated rings. The third kappa shape index (κ3) is 3.81. The Labute approximate surface area is 107 Å². The van der Waals surface area contributed by atoms with Gasteiger partial charge < -0.3 is 4.74 Å². The SMILES string of the molecule is CC(=O)CC(C)Oc1c(Br)cccc1[N+](=O)[O-]. The molecule has 5 nitrogen and oxygen atoms in total. The van der Waals surface area contributed by atoms with Gasteiger partial charge in [-0.1, -0.05) is 6.07 Å². The van der Waals surface area contributed by atoms with Gasteiger partial charge in [0.2, 0.25) is 5.75 Å². The van der Waals surface area contributed by atoms with Crippen molar-refractivity contribution in [2.75, 3.05) is 0 Å². The Balaban J connectivity index is 2.96. The van der Waals surface area contributed by atoms with Crippen molar-refractivity contribution in [1.29, 1.82) is 0 Å². The number of halogens is 1. The molecule has 0 aliphatic rings. The van der Waals surface area contributed by atoms with Gasteiger partial charge in [-0.25, -0.2) is 0 Å². The predicted octanol–water partition coefficient (Wildman–Crippen LogP) is 3.10.